The first kappa shape index (κ1) is 10.7. The van der Waals surface area contributed by atoms with Gasteiger partial charge in [-0.05, 0) is 14.0 Å². The number of aromatic nitrogens is 2. The van der Waals surface area contributed by atoms with Gasteiger partial charge in [0.1, 0.15) is 0 Å². The molecule has 0 saturated heterocycles. The van der Waals surface area contributed by atoms with E-state index in [2.05, 4.69) is 20.7 Å². The number of nitrogens with zero attached hydrogens (tertiary/aromatic N) is 2. The van der Waals surface area contributed by atoms with Crippen LogP contribution in [0.4, 0.5) is 0 Å². The summed E-state index contributed by atoms with van der Waals surface area (Å²) >= 11 is 3.41. The van der Waals surface area contributed by atoms with E-state index >= 15 is 0 Å². The van der Waals surface area contributed by atoms with Crippen LogP contribution in [-0.4, -0.2) is 17.0 Å². The molecule has 0 aromatic carbocycles. The fourth-order valence-corrected chi connectivity index (χ4v) is 2.96. The van der Waals surface area contributed by atoms with Gasteiger partial charge in [-0.3, -0.25) is 4.98 Å². The average Bonchev–Trinajstić information content (AvgIpc) is 2.85. The van der Waals surface area contributed by atoms with Gasteiger partial charge in [0.25, 0.3) is 0 Å². The van der Waals surface area contributed by atoms with E-state index in [1.807, 2.05) is 25.7 Å². The van der Waals surface area contributed by atoms with Crippen molar-refractivity contribution >= 4 is 22.7 Å². The molecule has 15 heavy (non-hydrogen) atoms. The van der Waals surface area contributed by atoms with Crippen LogP contribution in [0.5, 0.6) is 0 Å². The van der Waals surface area contributed by atoms with Gasteiger partial charge in [-0.25, -0.2) is 4.98 Å². The predicted octanol–water partition coefficient (Wildman–Crippen LogP) is 2.41. The Bertz CT molecular complexity index is 408. The molecule has 1 atom stereocenters. The van der Waals surface area contributed by atoms with Gasteiger partial charge in [0.05, 0.1) is 10.5 Å². The third-order valence-electron chi connectivity index (χ3n) is 2.19. The minimum absolute atomic E-state index is 0.336. The summed E-state index contributed by atoms with van der Waals surface area (Å²) in [5.41, 5.74) is 2.97. The number of aryl methyl sites for hydroxylation is 1. The average molecular weight is 239 g/mol. The second-order valence-electron chi connectivity index (χ2n) is 3.33. The van der Waals surface area contributed by atoms with Gasteiger partial charge in [-0.1, -0.05) is 0 Å². The lowest BCUT2D eigenvalue weighted by molar-refractivity contribution is 0.599. The third kappa shape index (κ3) is 2.62. The van der Waals surface area contributed by atoms with Crippen molar-refractivity contribution in [1.82, 2.24) is 15.3 Å². The summed E-state index contributed by atoms with van der Waals surface area (Å²) in [5.74, 6) is 0. The van der Waals surface area contributed by atoms with Crippen LogP contribution in [0.3, 0.4) is 0 Å². The topological polar surface area (TPSA) is 37.8 Å². The first-order valence-electron chi connectivity index (χ1n) is 4.76. The van der Waals surface area contributed by atoms with Crippen molar-refractivity contribution in [2.75, 3.05) is 7.05 Å². The molecule has 2 heterocycles. The SMILES string of the molecule is CNC(Cc1nc(C)cs1)c1cncs1. The summed E-state index contributed by atoms with van der Waals surface area (Å²) in [6.45, 7) is 2.03. The molecule has 3 nitrogen and oxygen atoms in total. The maximum Gasteiger partial charge on any atom is 0.0947 e. The molecule has 0 saturated carbocycles. The van der Waals surface area contributed by atoms with E-state index in [9.17, 15) is 0 Å². The molecule has 0 aliphatic carbocycles. The number of thiazole rings is 2. The van der Waals surface area contributed by atoms with E-state index in [0.717, 1.165) is 12.1 Å². The molecule has 0 aliphatic heterocycles. The molecule has 0 aliphatic rings. The van der Waals surface area contributed by atoms with Crippen LogP contribution >= 0.6 is 22.7 Å². The molecular weight excluding hydrogens is 226 g/mol. The summed E-state index contributed by atoms with van der Waals surface area (Å²) in [6.07, 6.45) is 2.86. The highest BCUT2D eigenvalue weighted by Crippen LogP contribution is 2.22. The van der Waals surface area contributed by atoms with Crippen LogP contribution in [0.2, 0.25) is 0 Å². The zero-order chi connectivity index (χ0) is 10.7. The van der Waals surface area contributed by atoms with E-state index in [4.69, 9.17) is 0 Å². The van der Waals surface area contributed by atoms with Crippen molar-refractivity contribution < 1.29 is 0 Å². The summed E-state index contributed by atoms with van der Waals surface area (Å²) in [4.78, 5) is 9.84. The highest BCUT2D eigenvalue weighted by Gasteiger charge is 2.13. The van der Waals surface area contributed by atoms with Crippen LogP contribution < -0.4 is 5.32 Å². The molecule has 0 fully saturated rings. The molecule has 80 valence electrons. The molecule has 5 heteroatoms. The zero-order valence-electron chi connectivity index (χ0n) is 8.73. The van der Waals surface area contributed by atoms with Gasteiger partial charge in [0.15, 0.2) is 0 Å². The number of nitrogens with one attached hydrogen (secondary N) is 1. The molecule has 0 spiro atoms. The number of likely N-dealkylation sites (N-methyl/N-ethyl adjacent to an activating group) is 1. The summed E-state index contributed by atoms with van der Waals surface area (Å²) in [6, 6.07) is 0.336. The summed E-state index contributed by atoms with van der Waals surface area (Å²) < 4.78 is 0. The number of hydrogen-bond donors (Lipinski definition) is 1. The fourth-order valence-electron chi connectivity index (χ4n) is 1.41. The van der Waals surface area contributed by atoms with Gasteiger partial charge >= 0.3 is 0 Å². The van der Waals surface area contributed by atoms with Crippen LogP contribution in [0, 0.1) is 6.92 Å². The van der Waals surface area contributed by atoms with Gasteiger partial charge in [0, 0.05) is 34.6 Å². The molecular formula is C10H13N3S2. The highest BCUT2D eigenvalue weighted by atomic mass is 32.1. The Balaban J connectivity index is 2.09. The van der Waals surface area contributed by atoms with Crippen LogP contribution in [0.25, 0.3) is 0 Å². The molecule has 0 bridgehead atoms. The van der Waals surface area contributed by atoms with Gasteiger partial charge in [-0.2, -0.15) is 0 Å². The third-order valence-corrected chi connectivity index (χ3v) is 4.07. The predicted molar refractivity (Wildman–Crippen MR) is 64.5 cm³/mol. The standard InChI is InChI=1S/C10H13N3S2/c1-7-5-14-10(13-7)3-8(11-2)9-4-12-6-15-9/h4-6,8,11H,3H2,1-2H3. The Labute approximate surface area is 97.2 Å². The number of hydrogen-bond acceptors (Lipinski definition) is 5. The minimum Gasteiger partial charge on any atom is -0.312 e. The minimum atomic E-state index is 0.336. The van der Waals surface area contributed by atoms with Crippen molar-refractivity contribution in [2.24, 2.45) is 0 Å². The van der Waals surface area contributed by atoms with Gasteiger partial charge in [-0.15, -0.1) is 22.7 Å². The van der Waals surface area contributed by atoms with Crippen molar-refractivity contribution in [1.29, 1.82) is 0 Å². The van der Waals surface area contributed by atoms with Crippen LogP contribution in [0.15, 0.2) is 17.1 Å². The zero-order valence-corrected chi connectivity index (χ0v) is 10.4. The molecule has 0 radical (unpaired) electrons. The van der Waals surface area contributed by atoms with Crippen molar-refractivity contribution in [3.05, 3.63) is 32.7 Å². The Kier molecular flexibility index (Phi) is 3.45. The van der Waals surface area contributed by atoms with Crippen molar-refractivity contribution in [2.45, 2.75) is 19.4 Å². The maximum absolute atomic E-state index is 4.47. The van der Waals surface area contributed by atoms with Crippen LogP contribution in [0.1, 0.15) is 21.6 Å². The fraction of sp³-hybridized carbons (Fsp3) is 0.400. The van der Waals surface area contributed by atoms with Crippen molar-refractivity contribution in [3.8, 4) is 0 Å². The Hall–Kier alpha value is -0.780. The molecule has 2 rings (SSSR count). The smallest absolute Gasteiger partial charge is 0.0947 e. The second-order valence-corrected chi connectivity index (χ2v) is 5.19. The second kappa shape index (κ2) is 4.83. The highest BCUT2D eigenvalue weighted by molar-refractivity contribution is 7.10. The maximum atomic E-state index is 4.47. The normalized spacial score (nSPS) is 12.9. The molecule has 1 N–H and O–H groups in total. The lowest BCUT2D eigenvalue weighted by atomic mass is 10.2. The molecule has 2 aromatic rings. The van der Waals surface area contributed by atoms with Gasteiger partial charge < -0.3 is 5.32 Å². The van der Waals surface area contributed by atoms with E-state index in [0.29, 0.717) is 6.04 Å². The quantitative estimate of drug-likeness (QED) is 0.890. The Morgan fingerprint density at radius 1 is 1.47 bits per heavy atom. The lowest BCUT2D eigenvalue weighted by Crippen LogP contribution is -2.17. The summed E-state index contributed by atoms with van der Waals surface area (Å²) in [7, 11) is 1.98. The van der Waals surface area contributed by atoms with E-state index in [-0.39, 0.29) is 0 Å². The largest absolute Gasteiger partial charge is 0.312 e. The van der Waals surface area contributed by atoms with Crippen LogP contribution in [-0.2, 0) is 6.42 Å². The van der Waals surface area contributed by atoms with Crippen molar-refractivity contribution in [3.63, 3.8) is 0 Å². The summed E-state index contributed by atoms with van der Waals surface area (Å²) in [5, 5.41) is 6.57. The number of rotatable bonds is 4. The monoisotopic (exact) mass is 239 g/mol. The Morgan fingerprint density at radius 3 is 2.87 bits per heavy atom. The van der Waals surface area contributed by atoms with E-state index in [1.54, 1.807) is 22.7 Å². The first-order valence-corrected chi connectivity index (χ1v) is 6.52. The first-order chi connectivity index (χ1) is 7.29. The molecule has 0 amide bonds. The molecule has 1 unspecified atom stereocenters. The van der Waals surface area contributed by atoms with E-state index in [1.165, 1.54) is 9.88 Å². The van der Waals surface area contributed by atoms with Gasteiger partial charge in [0.2, 0.25) is 0 Å². The van der Waals surface area contributed by atoms with E-state index < -0.39 is 0 Å². The molecule has 2 aromatic heterocycles. The lowest BCUT2D eigenvalue weighted by Gasteiger charge is -2.11. The Morgan fingerprint density at radius 2 is 2.33 bits per heavy atom.